The second-order valence-corrected chi connectivity index (χ2v) is 8.34. The Bertz CT molecular complexity index is 1070. The van der Waals surface area contributed by atoms with Gasteiger partial charge in [0, 0.05) is 23.9 Å². The fourth-order valence-electron chi connectivity index (χ4n) is 2.94. The first-order chi connectivity index (χ1) is 15.3. The molecular weight excluding hydrogens is 430 g/mol. The second-order valence-electron chi connectivity index (χ2n) is 7.49. The highest BCUT2D eigenvalue weighted by atomic mass is 32.1. The zero-order valence-electron chi connectivity index (χ0n) is 18.1. The van der Waals surface area contributed by atoms with Gasteiger partial charge in [0.1, 0.15) is 6.10 Å². The Kier molecular flexibility index (Phi) is 7.77. The smallest absolute Gasteiger partial charge is 0.309 e. The monoisotopic (exact) mass is 455 g/mol. The molecule has 168 valence electrons. The summed E-state index contributed by atoms with van der Waals surface area (Å²) in [5, 5.41) is 13.5. The summed E-state index contributed by atoms with van der Waals surface area (Å²) >= 11 is 1.16. The Balaban J connectivity index is 1.76. The molecule has 0 spiro atoms. The predicted molar refractivity (Wildman–Crippen MR) is 122 cm³/mol. The largest absolute Gasteiger partial charge is 0.481 e. The van der Waals surface area contributed by atoms with E-state index >= 15 is 0 Å². The Morgan fingerprint density at radius 3 is 2.41 bits per heavy atom. The Labute approximate surface area is 190 Å². The molecule has 1 aromatic carbocycles. The van der Waals surface area contributed by atoms with E-state index in [1.807, 2.05) is 51.1 Å². The molecule has 2 N–H and O–H groups in total. The summed E-state index contributed by atoms with van der Waals surface area (Å²) in [5.41, 5.74) is 1.82. The van der Waals surface area contributed by atoms with Crippen molar-refractivity contribution < 1.29 is 24.2 Å². The van der Waals surface area contributed by atoms with Crippen molar-refractivity contribution in [2.45, 2.75) is 45.8 Å². The summed E-state index contributed by atoms with van der Waals surface area (Å²) in [7, 11) is 0. The number of aliphatic carboxylic acids is 1. The van der Waals surface area contributed by atoms with E-state index in [2.05, 4.69) is 15.3 Å². The van der Waals surface area contributed by atoms with Crippen LogP contribution in [0, 0.1) is 0 Å². The SMILES string of the molecule is CC(C)Oc1cc(C(=O)Nc2nc(CC(=O)O)cs2)cc(OC(C)Cc2ccccc2)n1. The van der Waals surface area contributed by atoms with Crippen molar-refractivity contribution in [2.24, 2.45) is 0 Å². The quantitative estimate of drug-likeness (QED) is 0.471. The maximum Gasteiger partial charge on any atom is 0.309 e. The average Bonchev–Trinajstić information content (AvgIpc) is 3.13. The first-order valence-corrected chi connectivity index (χ1v) is 11.0. The highest BCUT2D eigenvalue weighted by molar-refractivity contribution is 7.14. The van der Waals surface area contributed by atoms with Gasteiger partial charge in [-0.1, -0.05) is 30.3 Å². The van der Waals surface area contributed by atoms with Crippen LogP contribution in [-0.4, -0.2) is 39.2 Å². The second kappa shape index (κ2) is 10.7. The average molecular weight is 456 g/mol. The first kappa shape index (κ1) is 23.2. The van der Waals surface area contributed by atoms with Gasteiger partial charge >= 0.3 is 5.97 Å². The Morgan fingerprint density at radius 1 is 1.06 bits per heavy atom. The molecular formula is C23H25N3O5S. The highest BCUT2D eigenvalue weighted by Crippen LogP contribution is 2.23. The van der Waals surface area contributed by atoms with E-state index in [0.29, 0.717) is 22.8 Å². The van der Waals surface area contributed by atoms with Crippen LogP contribution in [0.1, 0.15) is 42.4 Å². The van der Waals surface area contributed by atoms with Gasteiger partial charge in [0.25, 0.3) is 5.91 Å². The van der Waals surface area contributed by atoms with E-state index < -0.39 is 11.9 Å². The number of amides is 1. The molecule has 0 aliphatic carbocycles. The first-order valence-electron chi connectivity index (χ1n) is 10.2. The molecule has 2 aromatic heterocycles. The molecule has 8 nitrogen and oxygen atoms in total. The van der Waals surface area contributed by atoms with Gasteiger partial charge < -0.3 is 14.6 Å². The number of pyridine rings is 1. The number of carbonyl (C=O) groups excluding carboxylic acids is 1. The third kappa shape index (κ3) is 7.05. The number of carboxylic acids is 1. The fraction of sp³-hybridized carbons (Fsp3) is 0.304. The third-order valence-electron chi connectivity index (χ3n) is 4.19. The molecule has 32 heavy (non-hydrogen) atoms. The molecule has 3 aromatic rings. The van der Waals surface area contributed by atoms with Gasteiger partial charge in [-0.3, -0.25) is 14.9 Å². The molecule has 0 saturated carbocycles. The lowest BCUT2D eigenvalue weighted by Crippen LogP contribution is -2.18. The number of ether oxygens (including phenoxy) is 2. The molecule has 0 aliphatic rings. The van der Waals surface area contributed by atoms with Crippen molar-refractivity contribution in [1.82, 2.24) is 9.97 Å². The molecule has 0 bridgehead atoms. The molecule has 0 fully saturated rings. The van der Waals surface area contributed by atoms with Crippen molar-refractivity contribution >= 4 is 28.3 Å². The molecule has 0 radical (unpaired) electrons. The highest BCUT2D eigenvalue weighted by Gasteiger charge is 2.16. The van der Waals surface area contributed by atoms with Crippen molar-refractivity contribution in [2.75, 3.05) is 5.32 Å². The molecule has 1 amide bonds. The van der Waals surface area contributed by atoms with Crippen LogP contribution in [0.5, 0.6) is 11.8 Å². The van der Waals surface area contributed by atoms with Crippen LogP contribution in [0.15, 0.2) is 47.8 Å². The fourth-order valence-corrected chi connectivity index (χ4v) is 3.64. The maximum absolute atomic E-state index is 12.8. The maximum atomic E-state index is 12.8. The van der Waals surface area contributed by atoms with Crippen molar-refractivity contribution in [3.8, 4) is 11.8 Å². The van der Waals surface area contributed by atoms with Crippen LogP contribution < -0.4 is 14.8 Å². The number of nitrogens with one attached hydrogen (secondary N) is 1. The van der Waals surface area contributed by atoms with Crippen LogP contribution in [0.3, 0.4) is 0 Å². The minimum atomic E-state index is -0.982. The van der Waals surface area contributed by atoms with Gasteiger partial charge in [-0.05, 0) is 26.3 Å². The Morgan fingerprint density at radius 2 is 1.75 bits per heavy atom. The number of benzene rings is 1. The van der Waals surface area contributed by atoms with Gasteiger partial charge in [-0.25, -0.2) is 4.98 Å². The van der Waals surface area contributed by atoms with Crippen LogP contribution in [-0.2, 0) is 17.6 Å². The summed E-state index contributed by atoms with van der Waals surface area (Å²) in [6, 6.07) is 13.0. The number of hydrogen-bond acceptors (Lipinski definition) is 7. The number of carboxylic acid groups (broad SMARTS) is 1. The summed E-state index contributed by atoms with van der Waals surface area (Å²) in [4.78, 5) is 32.2. The standard InChI is InChI=1S/C23H25N3O5S/c1-14(2)30-19-10-17(22(29)26-23-24-18(13-32-23)12-21(27)28)11-20(25-19)31-15(3)9-16-7-5-4-6-8-16/h4-8,10-11,13-15H,9,12H2,1-3H3,(H,27,28)(H,24,26,29). The third-order valence-corrected chi connectivity index (χ3v) is 5.00. The lowest BCUT2D eigenvalue weighted by molar-refractivity contribution is -0.136. The van der Waals surface area contributed by atoms with Gasteiger partial charge in [-0.15, -0.1) is 11.3 Å². The van der Waals surface area contributed by atoms with Crippen LogP contribution in [0.2, 0.25) is 0 Å². The topological polar surface area (TPSA) is 111 Å². The number of carbonyl (C=O) groups is 2. The number of anilines is 1. The van der Waals surface area contributed by atoms with E-state index in [0.717, 1.165) is 16.9 Å². The van der Waals surface area contributed by atoms with Gasteiger partial charge in [0.05, 0.1) is 23.8 Å². The molecule has 0 aliphatic heterocycles. The van der Waals surface area contributed by atoms with Crippen molar-refractivity contribution in [3.05, 3.63) is 64.7 Å². The molecule has 1 atom stereocenters. The van der Waals surface area contributed by atoms with Gasteiger partial charge in [0.15, 0.2) is 5.13 Å². The van der Waals surface area contributed by atoms with E-state index in [-0.39, 0.29) is 30.4 Å². The van der Waals surface area contributed by atoms with E-state index in [1.54, 1.807) is 11.4 Å². The van der Waals surface area contributed by atoms with Crippen LogP contribution >= 0.6 is 11.3 Å². The summed E-state index contributed by atoms with van der Waals surface area (Å²) < 4.78 is 11.7. The normalized spacial score (nSPS) is 11.8. The number of rotatable bonds is 10. The van der Waals surface area contributed by atoms with Gasteiger partial charge in [-0.2, -0.15) is 4.98 Å². The zero-order chi connectivity index (χ0) is 23.1. The minimum absolute atomic E-state index is 0.132. The predicted octanol–water partition coefficient (Wildman–Crippen LogP) is 4.21. The molecule has 1 unspecified atom stereocenters. The molecule has 2 heterocycles. The number of nitrogens with zero attached hydrogens (tertiary/aromatic N) is 2. The van der Waals surface area contributed by atoms with Crippen LogP contribution in [0.25, 0.3) is 0 Å². The number of hydrogen-bond donors (Lipinski definition) is 2. The van der Waals surface area contributed by atoms with Gasteiger partial charge in [0.2, 0.25) is 11.8 Å². The lowest BCUT2D eigenvalue weighted by Gasteiger charge is -2.16. The summed E-state index contributed by atoms with van der Waals surface area (Å²) in [6.07, 6.45) is 0.177. The Hall–Kier alpha value is -3.46. The molecule has 3 rings (SSSR count). The summed E-state index contributed by atoms with van der Waals surface area (Å²) in [5.74, 6) is -0.843. The summed E-state index contributed by atoms with van der Waals surface area (Å²) in [6.45, 7) is 5.67. The van der Waals surface area contributed by atoms with E-state index in [4.69, 9.17) is 14.6 Å². The van der Waals surface area contributed by atoms with E-state index in [9.17, 15) is 9.59 Å². The van der Waals surface area contributed by atoms with Crippen molar-refractivity contribution in [1.29, 1.82) is 0 Å². The zero-order valence-corrected chi connectivity index (χ0v) is 18.9. The lowest BCUT2D eigenvalue weighted by atomic mass is 10.1. The van der Waals surface area contributed by atoms with E-state index in [1.165, 1.54) is 6.07 Å². The minimum Gasteiger partial charge on any atom is -0.481 e. The number of thiazole rings is 1. The molecule has 0 saturated heterocycles. The van der Waals surface area contributed by atoms with Crippen LogP contribution in [0.4, 0.5) is 5.13 Å². The van der Waals surface area contributed by atoms with Crippen molar-refractivity contribution in [3.63, 3.8) is 0 Å². The number of aromatic nitrogens is 2. The molecule has 9 heteroatoms.